The third-order valence-electron chi connectivity index (χ3n) is 2.67. The first-order chi connectivity index (χ1) is 8.06. The fraction of sp³-hybridized carbons (Fsp3) is 0.250. The maximum absolute atomic E-state index is 11.1. The van der Waals surface area contributed by atoms with Gasteiger partial charge in [-0.2, -0.15) is 0 Å². The van der Waals surface area contributed by atoms with Gasteiger partial charge in [-0.3, -0.25) is 0 Å². The van der Waals surface area contributed by atoms with Gasteiger partial charge in [0.15, 0.2) is 0 Å². The number of aryl methyl sites for hydroxylation is 2. The van der Waals surface area contributed by atoms with Crippen molar-refractivity contribution in [2.24, 2.45) is 0 Å². The Balaban J connectivity index is 2.71. The standard InChI is InChI=1S/C12H12O3S2/c1-6-10(8(3-13)4-16-6)11-7(2)17-5-9(11)12(14)15/h4-5,13H,3H2,1-2H3,(H,14,15)/p-1. The molecular weight excluding hydrogens is 256 g/mol. The van der Waals surface area contributed by atoms with Crippen LogP contribution in [-0.4, -0.2) is 11.1 Å². The minimum atomic E-state index is -1.17. The number of carboxylic acid groups (broad SMARTS) is 1. The van der Waals surface area contributed by atoms with Crippen LogP contribution in [0.3, 0.4) is 0 Å². The Hall–Kier alpha value is -1.17. The van der Waals surface area contributed by atoms with Crippen LogP contribution in [0.1, 0.15) is 25.7 Å². The molecular formula is C12H11O3S2-. The van der Waals surface area contributed by atoms with E-state index in [-0.39, 0.29) is 12.2 Å². The lowest BCUT2D eigenvalue weighted by Crippen LogP contribution is -2.22. The van der Waals surface area contributed by atoms with Crippen molar-refractivity contribution >= 4 is 28.6 Å². The van der Waals surface area contributed by atoms with Gasteiger partial charge in [-0.25, -0.2) is 0 Å². The summed E-state index contributed by atoms with van der Waals surface area (Å²) in [6.07, 6.45) is 0. The third kappa shape index (κ3) is 2.01. The molecule has 0 aliphatic carbocycles. The Bertz CT molecular complexity index is 566. The largest absolute Gasteiger partial charge is 0.545 e. The van der Waals surface area contributed by atoms with Gasteiger partial charge in [0.25, 0.3) is 0 Å². The Labute approximate surface area is 107 Å². The molecule has 2 heterocycles. The van der Waals surface area contributed by atoms with Gasteiger partial charge in [-0.1, -0.05) is 0 Å². The smallest absolute Gasteiger partial charge is 0.0730 e. The van der Waals surface area contributed by atoms with Crippen LogP contribution in [0.5, 0.6) is 0 Å². The van der Waals surface area contributed by atoms with Crippen molar-refractivity contribution in [3.63, 3.8) is 0 Å². The highest BCUT2D eigenvalue weighted by atomic mass is 32.1. The van der Waals surface area contributed by atoms with Crippen LogP contribution in [0, 0.1) is 13.8 Å². The summed E-state index contributed by atoms with van der Waals surface area (Å²) in [4.78, 5) is 13.0. The molecule has 2 rings (SSSR count). The van der Waals surface area contributed by atoms with Gasteiger partial charge in [0.05, 0.1) is 12.6 Å². The molecule has 0 aromatic carbocycles. The summed E-state index contributed by atoms with van der Waals surface area (Å²) in [5.41, 5.74) is 2.52. The second-order valence-corrected chi connectivity index (χ2v) is 5.89. The van der Waals surface area contributed by atoms with E-state index in [1.807, 2.05) is 19.2 Å². The summed E-state index contributed by atoms with van der Waals surface area (Å²) in [6.45, 7) is 3.72. The predicted octanol–water partition coefficient (Wildman–Crippen LogP) is 1.95. The number of hydrogen-bond acceptors (Lipinski definition) is 5. The van der Waals surface area contributed by atoms with Crippen LogP contribution < -0.4 is 5.11 Å². The third-order valence-corrected chi connectivity index (χ3v) is 4.54. The zero-order valence-corrected chi connectivity index (χ0v) is 11.1. The Morgan fingerprint density at radius 2 is 1.82 bits per heavy atom. The number of rotatable bonds is 3. The van der Waals surface area contributed by atoms with Crippen molar-refractivity contribution in [3.05, 3.63) is 31.6 Å². The molecule has 0 atom stereocenters. The van der Waals surface area contributed by atoms with E-state index >= 15 is 0 Å². The molecule has 17 heavy (non-hydrogen) atoms. The van der Waals surface area contributed by atoms with Crippen LogP contribution in [0.4, 0.5) is 0 Å². The Morgan fingerprint density at radius 3 is 2.41 bits per heavy atom. The number of aromatic carboxylic acids is 1. The minimum Gasteiger partial charge on any atom is -0.545 e. The van der Waals surface area contributed by atoms with Crippen molar-refractivity contribution in [1.29, 1.82) is 0 Å². The van der Waals surface area contributed by atoms with E-state index < -0.39 is 5.97 Å². The predicted molar refractivity (Wildman–Crippen MR) is 67.4 cm³/mol. The monoisotopic (exact) mass is 267 g/mol. The molecule has 3 nitrogen and oxygen atoms in total. The zero-order valence-electron chi connectivity index (χ0n) is 9.44. The molecule has 0 amide bonds. The maximum atomic E-state index is 11.1. The van der Waals surface area contributed by atoms with Gasteiger partial charge in [0.2, 0.25) is 0 Å². The van der Waals surface area contributed by atoms with E-state index in [0.29, 0.717) is 5.56 Å². The highest BCUT2D eigenvalue weighted by Crippen LogP contribution is 2.39. The highest BCUT2D eigenvalue weighted by molar-refractivity contribution is 7.11. The number of hydrogen-bond donors (Lipinski definition) is 1. The first-order valence-corrected chi connectivity index (χ1v) is 6.79. The Morgan fingerprint density at radius 1 is 1.24 bits per heavy atom. The molecule has 0 unspecified atom stereocenters. The second kappa shape index (κ2) is 4.60. The molecule has 2 aromatic rings. The SMILES string of the molecule is Cc1scc(CO)c1-c1c(C(=O)[O-])csc1C. The molecule has 0 saturated carbocycles. The zero-order chi connectivity index (χ0) is 12.6. The van der Waals surface area contributed by atoms with Crippen molar-refractivity contribution in [1.82, 2.24) is 0 Å². The lowest BCUT2D eigenvalue weighted by molar-refractivity contribution is -0.254. The molecule has 2 aromatic heterocycles. The molecule has 0 aliphatic heterocycles. The number of carbonyl (C=O) groups excluding carboxylic acids is 1. The van der Waals surface area contributed by atoms with Crippen molar-refractivity contribution in [3.8, 4) is 11.1 Å². The van der Waals surface area contributed by atoms with E-state index in [9.17, 15) is 15.0 Å². The van der Waals surface area contributed by atoms with Crippen molar-refractivity contribution < 1.29 is 15.0 Å². The molecule has 0 radical (unpaired) electrons. The first kappa shape index (κ1) is 12.3. The minimum absolute atomic E-state index is 0.0819. The summed E-state index contributed by atoms with van der Waals surface area (Å²) in [7, 11) is 0. The number of carbonyl (C=O) groups is 1. The Kier molecular flexibility index (Phi) is 3.33. The molecule has 90 valence electrons. The molecule has 1 N–H and O–H groups in total. The fourth-order valence-corrected chi connectivity index (χ4v) is 3.57. The average molecular weight is 267 g/mol. The molecule has 0 bridgehead atoms. The van der Waals surface area contributed by atoms with Crippen molar-refractivity contribution in [2.45, 2.75) is 20.5 Å². The van der Waals surface area contributed by atoms with E-state index in [2.05, 4.69) is 0 Å². The summed E-state index contributed by atoms with van der Waals surface area (Å²) in [6, 6.07) is 0. The van der Waals surface area contributed by atoms with Gasteiger partial charge < -0.3 is 15.0 Å². The highest BCUT2D eigenvalue weighted by Gasteiger charge is 2.18. The average Bonchev–Trinajstić information content (AvgIpc) is 2.81. The summed E-state index contributed by atoms with van der Waals surface area (Å²) in [5.74, 6) is -1.17. The fourth-order valence-electron chi connectivity index (χ4n) is 1.87. The van der Waals surface area contributed by atoms with Gasteiger partial charge in [-0.15, -0.1) is 22.7 Å². The van der Waals surface area contributed by atoms with Crippen molar-refractivity contribution in [2.75, 3.05) is 0 Å². The van der Waals surface area contributed by atoms with Crippen LogP contribution in [0.2, 0.25) is 0 Å². The van der Waals surface area contributed by atoms with Crippen LogP contribution >= 0.6 is 22.7 Å². The van der Waals surface area contributed by atoms with Crippen LogP contribution in [-0.2, 0) is 6.61 Å². The molecule has 0 spiro atoms. The van der Waals surface area contributed by atoms with E-state index in [1.165, 1.54) is 22.7 Å². The maximum Gasteiger partial charge on any atom is 0.0730 e. The summed E-state index contributed by atoms with van der Waals surface area (Å²) >= 11 is 2.90. The topological polar surface area (TPSA) is 60.4 Å². The second-order valence-electron chi connectivity index (χ2n) is 3.72. The number of carboxylic acids is 1. The van der Waals surface area contributed by atoms with Crippen LogP contribution in [0.25, 0.3) is 11.1 Å². The quantitative estimate of drug-likeness (QED) is 0.924. The van der Waals surface area contributed by atoms with Gasteiger partial charge in [-0.05, 0) is 24.8 Å². The van der Waals surface area contributed by atoms with E-state index in [4.69, 9.17) is 0 Å². The van der Waals surface area contributed by atoms with E-state index in [1.54, 1.807) is 5.38 Å². The number of aliphatic hydroxyl groups is 1. The normalized spacial score (nSPS) is 10.8. The van der Waals surface area contributed by atoms with Gasteiger partial charge >= 0.3 is 0 Å². The summed E-state index contributed by atoms with van der Waals surface area (Å²) < 4.78 is 0. The molecule has 0 saturated heterocycles. The molecule has 0 aliphatic rings. The first-order valence-electron chi connectivity index (χ1n) is 5.04. The number of thiophene rings is 2. The number of aliphatic hydroxyl groups excluding tert-OH is 1. The van der Waals surface area contributed by atoms with Gasteiger partial charge in [0.1, 0.15) is 0 Å². The molecule has 5 heteroatoms. The lowest BCUT2D eigenvalue weighted by atomic mass is 9.99. The van der Waals surface area contributed by atoms with E-state index in [0.717, 1.165) is 20.9 Å². The van der Waals surface area contributed by atoms with Crippen LogP contribution in [0.15, 0.2) is 10.8 Å². The van der Waals surface area contributed by atoms with Gasteiger partial charge in [0, 0.05) is 31.8 Å². The lowest BCUT2D eigenvalue weighted by Gasteiger charge is -2.08. The summed E-state index contributed by atoms with van der Waals surface area (Å²) in [5, 5.41) is 23.8. The molecule has 0 fully saturated rings.